The van der Waals surface area contributed by atoms with Gasteiger partial charge in [-0.15, -0.1) is 0 Å². The van der Waals surface area contributed by atoms with Gasteiger partial charge in [0.2, 0.25) is 0 Å². The van der Waals surface area contributed by atoms with Crippen LogP contribution in [0.4, 0.5) is 4.79 Å². The van der Waals surface area contributed by atoms with Gasteiger partial charge < -0.3 is 15.3 Å². The average molecular weight is 262 g/mol. The molecule has 0 heterocycles. The highest BCUT2D eigenvalue weighted by atomic mass is 32.2. The topological polar surface area (TPSA) is 69.6 Å². The second kappa shape index (κ2) is 6.74. The van der Waals surface area contributed by atoms with Gasteiger partial charge >= 0.3 is 12.0 Å². The maximum atomic E-state index is 11.7. The first kappa shape index (κ1) is 16.1. The minimum Gasteiger partial charge on any atom is -0.480 e. The van der Waals surface area contributed by atoms with Crippen LogP contribution in [0.1, 0.15) is 20.8 Å². The largest absolute Gasteiger partial charge is 0.480 e. The lowest BCUT2D eigenvalue weighted by molar-refractivity contribution is -0.146. The van der Waals surface area contributed by atoms with E-state index in [4.69, 9.17) is 5.11 Å². The molecular weight excluding hydrogens is 240 g/mol. The minimum atomic E-state index is -1.20. The first-order chi connectivity index (χ1) is 7.73. The number of likely N-dealkylation sites (N-methyl/N-ethyl adjacent to an activating group) is 1. The van der Waals surface area contributed by atoms with Crippen LogP contribution in [0.2, 0.25) is 0 Å². The van der Waals surface area contributed by atoms with E-state index in [1.807, 2.05) is 13.2 Å². The van der Waals surface area contributed by atoms with Crippen molar-refractivity contribution in [3.8, 4) is 0 Å². The molecule has 1 atom stereocenters. The molecule has 0 saturated carbocycles. The summed E-state index contributed by atoms with van der Waals surface area (Å²) < 4.78 is 0. The summed E-state index contributed by atoms with van der Waals surface area (Å²) in [4.78, 5) is 23.9. The zero-order valence-corrected chi connectivity index (χ0v) is 11.9. The molecule has 0 saturated heterocycles. The number of nitrogens with zero attached hydrogens (tertiary/aromatic N) is 1. The Morgan fingerprint density at radius 2 is 2.00 bits per heavy atom. The molecule has 0 aliphatic rings. The maximum Gasteiger partial charge on any atom is 0.329 e. The summed E-state index contributed by atoms with van der Waals surface area (Å²) >= 11 is 1.72. The zero-order chi connectivity index (χ0) is 13.6. The Balaban J connectivity index is 4.28. The SMILES string of the molecule is CSCC(C)CNC(=O)N(C)C(C)(C)C(=O)O. The molecule has 6 heteroatoms. The first-order valence-corrected chi connectivity index (χ1v) is 6.86. The van der Waals surface area contributed by atoms with Crippen molar-refractivity contribution in [2.24, 2.45) is 5.92 Å². The van der Waals surface area contributed by atoms with Gasteiger partial charge in [0.05, 0.1) is 0 Å². The van der Waals surface area contributed by atoms with Crippen molar-refractivity contribution in [1.82, 2.24) is 10.2 Å². The van der Waals surface area contributed by atoms with Crippen molar-refractivity contribution in [2.75, 3.05) is 25.6 Å². The first-order valence-electron chi connectivity index (χ1n) is 5.47. The fourth-order valence-electron chi connectivity index (χ4n) is 1.12. The molecule has 0 aromatic carbocycles. The van der Waals surface area contributed by atoms with E-state index < -0.39 is 11.5 Å². The number of nitrogens with one attached hydrogen (secondary N) is 1. The predicted molar refractivity (Wildman–Crippen MR) is 70.4 cm³/mol. The Bertz CT molecular complexity index is 282. The number of aliphatic carboxylic acids is 1. The zero-order valence-electron chi connectivity index (χ0n) is 11.1. The Hall–Kier alpha value is -0.910. The number of carbonyl (C=O) groups is 2. The highest BCUT2D eigenvalue weighted by molar-refractivity contribution is 7.98. The van der Waals surface area contributed by atoms with Gasteiger partial charge in [-0.1, -0.05) is 6.92 Å². The van der Waals surface area contributed by atoms with Crippen molar-refractivity contribution in [3.05, 3.63) is 0 Å². The smallest absolute Gasteiger partial charge is 0.329 e. The number of hydrogen-bond acceptors (Lipinski definition) is 3. The monoisotopic (exact) mass is 262 g/mol. The summed E-state index contributed by atoms with van der Waals surface area (Å²) in [5.41, 5.74) is -1.20. The van der Waals surface area contributed by atoms with Gasteiger partial charge in [-0.2, -0.15) is 11.8 Å². The lowest BCUT2D eigenvalue weighted by Gasteiger charge is -2.31. The van der Waals surface area contributed by atoms with Gasteiger partial charge in [0.25, 0.3) is 0 Å². The number of carboxylic acid groups (broad SMARTS) is 1. The molecule has 0 aromatic rings. The molecule has 0 spiro atoms. The number of carboxylic acids is 1. The predicted octanol–water partition coefficient (Wildman–Crippen LogP) is 1.49. The fourth-order valence-corrected chi connectivity index (χ4v) is 1.81. The third kappa shape index (κ3) is 4.85. The van der Waals surface area contributed by atoms with E-state index in [0.717, 1.165) is 5.75 Å². The van der Waals surface area contributed by atoms with Gasteiger partial charge in [0.15, 0.2) is 0 Å². The average Bonchev–Trinajstić information content (AvgIpc) is 2.24. The molecule has 100 valence electrons. The summed E-state index contributed by atoms with van der Waals surface area (Å²) in [5.74, 6) is 0.314. The van der Waals surface area contributed by atoms with Crippen LogP contribution in [0.3, 0.4) is 0 Å². The molecule has 0 aliphatic heterocycles. The van der Waals surface area contributed by atoms with E-state index in [0.29, 0.717) is 12.5 Å². The van der Waals surface area contributed by atoms with Crippen LogP contribution in [0.5, 0.6) is 0 Å². The number of carbonyl (C=O) groups excluding carboxylic acids is 1. The van der Waals surface area contributed by atoms with Gasteiger partial charge in [-0.3, -0.25) is 0 Å². The van der Waals surface area contributed by atoms with Gasteiger partial charge in [0.1, 0.15) is 5.54 Å². The van der Waals surface area contributed by atoms with Crippen molar-refractivity contribution >= 4 is 23.8 Å². The van der Waals surface area contributed by atoms with Crippen LogP contribution in [0.25, 0.3) is 0 Å². The Morgan fingerprint density at radius 3 is 2.41 bits per heavy atom. The molecule has 0 aliphatic carbocycles. The van der Waals surface area contributed by atoms with Crippen LogP contribution in [0, 0.1) is 5.92 Å². The van der Waals surface area contributed by atoms with E-state index in [-0.39, 0.29) is 6.03 Å². The summed E-state index contributed by atoms with van der Waals surface area (Å²) in [6.45, 7) is 5.60. The quantitative estimate of drug-likeness (QED) is 0.761. The highest BCUT2D eigenvalue weighted by Crippen LogP contribution is 2.12. The molecule has 0 aromatic heterocycles. The second-order valence-electron chi connectivity index (χ2n) is 4.67. The molecule has 0 rings (SSSR count). The lowest BCUT2D eigenvalue weighted by atomic mass is 10.1. The van der Waals surface area contributed by atoms with E-state index in [1.54, 1.807) is 11.8 Å². The fraction of sp³-hybridized carbons (Fsp3) is 0.818. The second-order valence-corrected chi connectivity index (χ2v) is 5.58. The Morgan fingerprint density at radius 1 is 1.47 bits per heavy atom. The Labute approximate surface area is 107 Å². The Kier molecular flexibility index (Phi) is 6.37. The molecule has 17 heavy (non-hydrogen) atoms. The van der Waals surface area contributed by atoms with Gasteiger partial charge in [-0.05, 0) is 31.8 Å². The normalized spacial score (nSPS) is 13.0. The van der Waals surface area contributed by atoms with Crippen LogP contribution >= 0.6 is 11.8 Å². The number of thioether (sulfide) groups is 1. The minimum absolute atomic E-state index is 0.356. The number of rotatable bonds is 6. The van der Waals surface area contributed by atoms with E-state index >= 15 is 0 Å². The molecular formula is C11H22N2O3S. The third-order valence-corrected chi connectivity index (χ3v) is 3.62. The summed E-state index contributed by atoms with van der Waals surface area (Å²) in [7, 11) is 1.49. The molecule has 0 fully saturated rings. The van der Waals surface area contributed by atoms with Gasteiger partial charge in [0, 0.05) is 13.6 Å². The molecule has 1 unspecified atom stereocenters. The van der Waals surface area contributed by atoms with Crippen LogP contribution in [-0.4, -0.2) is 53.1 Å². The standard InChI is InChI=1S/C11H22N2O3S/c1-8(7-17-5)6-12-10(16)13(4)11(2,3)9(14)15/h8H,6-7H2,1-5H3,(H,12,16)(H,14,15). The maximum absolute atomic E-state index is 11.7. The molecule has 0 radical (unpaired) electrons. The molecule has 5 nitrogen and oxygen atoms in total. The van der Waals surface area contributed by atoms with Crippen LogP contribution in [-0.2, 0) is 4.79 Å². The number of hydrogen-bond donors (Lipinski definition) is 2. The van der Waals surface area contributed by atoms with E-state index in [1.165, 1.54) is 25.8 Å². The van der Waals surface area contributed by atoms with Crippen molar-refractivity contribution in [1.29, 1.82) is 0 Å². The molecule has 2 N–H and O–H groups in total. The number of amides is 2. The lowest BCUT2D eigenvalue weighted by Crippen LogP contribution is -2.54. The third-order valence-electron chi connectivity index (χ3n) is 2.72. The van der Waals surface area contributed by atoms with Crippen molar-refractivity contribution in [2.45, 2.75) is 26.3 Å². The van der Waals surface area contributed by atoms with Crippen LogP contribution in [0.15, 0.2) is 0 Å². The van der Waals surface area contributed by atoms with E-state index in [9.17, 15) is 9.59 Å². The highest BCUT2D eigenvalue weighted by Gasteiger charge is 2.35. The summed E-state index contributed by atoms with van der Waals surface area (Å²) in [5, 5.41) is 11.7. The van der Waals surface area contributed by atoms with Crippen LogP contribution < -0.4 is 5.32 Å². The molecule has 0 bridgehead atoms. The molecule has 2 amide bonds. The van der Waals surface area contributed by atoms with Gasteiger partial charge in [-0.25, -0.2) is 9.59 Å². The van der Waals surface area contributed by atoms with Crippen molar-refractivity contribution in [3.63, 3.8) is 0 Å². The summed E-state index contributed by atoms with van der Waals surface area (Å²) in [6.07, 6.45) is 2.01. The number of urea groups is 1. The summed E-state index contributed by atoms with van der Waals surface area (Å²) in [6, 6.07) is -0.356. The van der Waals surface area contributed by atoms with Crippen molar-refractivity contribution < 1.29 is 14.7 Å². The van der Waals surface area contributed by atoms with E-state index in [2.05, 4.69) is 5.32 Å².